The molecular formula is C9H7N4O+. The zero-order chi connectivity index (χ0) is 10.4. The first-order chi connectivity index (χ1) is 6.77. The largest absolute Gasteiger partial charge is 0.520 e. The predicted octanol–water partition coefficient (Wildman–Crippen LogP) is 2.20. The van der Waals surface area contributed by atoms with Gasteiger partial charge in [-0.3, -0.25) is 0 Å². The van der Waals surface area contributed by atoms with Crippen molar-refractivity contribution in [2.75, 3.05) is 5.32 Å². The summed E-state index contributed by atoms with van der Waals surface area (Å²) < 4.78 is 0. The maximum absolute atomic E-state index is 9.25. The highest BCUT2D eigenvalue weighted by Gasteiger charge is 2.17. The SMILES string of the molecule is N#C/C([N+]#N)=C(/O)Nc1ccccc1. The van der Waals surface area contributed by atoms with Crippen LogP contribution in [0.2, 0.25) is 0 Å². The fourth-order valence-corrected chi connectivity index (χ4v) is 0.840. The van der Waals surface area contributed by atoms with Crippen molar-refractivity contribution in [2.45, 2.75) is 0 Å². The molecule has 0 fully saturated rings. The number of diazo groups is 1. The number of para-hydroxylation sites is 1. The molecule has 0 atom stereocenters. The predicted molar refractivity (Wildman–Crippen MR) is 50.4 cm³/mol. The maximum Gasteiger partial charge on any atom is 0.520 e. The van der Waals surface area contributed by atoms with Crippen LogP contribution in [0.3, 0.4) is 0 Å². The van der Waals surface area contributed by atoms with E-state index in [2.05, 4.69) is 10.3 Å². The van der Waals surface area contributed by atoms with Gasteiger partial charge >= 0.3 is 5.70 Å². The van der Waals surface area contributed by atoms with E-state index < -0.39 is 11.6 Å². The van der Waals surface area contributed by atoms with Gasteiger partial charge in [0.25, 0.3) is 5.88 Å². The number of benzene rings is 1. The molecular weight excluding hydrogens is 180 g/mol. The highest BCUT2D eigenvalue weighted by molar-refractivity contribution is 5.49. The van der Waals surface area contributed by atoms with E-state index in [0.717, 1.165) is 0 Å². The van der Waals surface area contributed by atoms with Gasteiger partial charge in [0.05, 0.1) is 0 Å². The summed E-state index contributed by atoms with van der Waals surface area (Å²) in [6.07, 6.45) is 0. The van der Waals surface area contributed by atoms with Crippen molar-refractivity contribution >= 4 is 5.69 Å². The summed E-state index contributed by atoms with van der Waals surface area (Å²) in [5.41, 5.74) is 0.134. The highest BCUT2D eigenvalue weighted by atomic mass is 16.3. The van der Waals surface area contributed by atoms with Crippen LogP contribution in [0.4, 0.5) is 5.69 Å². The van der Waals surface area contributed by atoms with Crippen LogP contribution in [0.25, 0.3) is 4.98 Å². The number of nitrogens with zero attached hydrogens (tertiary/aromatic N) is 3. The van der Waals surface area contributed by atoms with Crippen molar-refractivity contribution in [3.05, 3.63) is 46.9 Å². The Morgan fingerprint density at radius 3 is 2.50 bits per heavy atom. The second-order valence-corrected chi connectivity index (χ2v) is 2.40. The van der Waals surface area contributed by atoms with Crippen LogP contribution in [0.15, 0.2) is 41.9 Å². The third-order valence-corrected chi connectivity index (χ3v) is 1.47. The van der Waals surface area contributed by atoms with Gasteiger partial charge in [-0.05, 0) is 12.1 Å². The summed E-state index contributed by atoms with van der Waals surface area (Å²) in [4.78, 5) is 2.61. The normalized spacial score (nSPS) is 10.7. The van der Waals surface area contributed by atoms with Crippen LogP contribution >= 0.6 is 0 Å². The molecule has 0 saturated heterocycles. The first kappa shape index (κ1) is 9.56. The highest BCUT2D eigenvalue weighted by Crippen LogP contribution is 2.10. The number of allylic oxidation sites excluding steroid dienone is 1. The Morgan fingerprint density at radius 2 is 2.00 bits per heavy atom. The molecule has 14 heavy (non-hydrogen) atoms. The Kier molecular flexibility index (Phi) is 3.06. The van der Waals surface area contributed by atoms with E-state index in [0.29, 0.717) is 5.69 Å². The molecule has 5 heteroatoms. The molecule has 0 unspecified atom stereocenters. The van der Waals surface area contributed by atoms with E-state index in [1.165, 1.54) is 6.07 Å². The average molecular weight is 187 g/mol. The van der Waals surface area contributed by atoms with Gasteiger partial charge in [-0.2, -0.15) is 5.26 Å². The van der Waals surface area contributed by atoms with Crippen molar-refractivity contribution in [2.24, 2.45) is 0 Å². The van der Waals surface area contributed by atoms with Gasteiger partial charge < -0.3 is 10.4 Å². The van der Waals surface area contributed by atoms with Gasteiger partial charge in [0.2, 0.25) is 11.5 Å². The lowest BCUT2D eigenvalue weighted by molar-refractivity contribution is 0.416. The van der Waals surface area contributed by atoms with E-state index in [1.807, 2.05) is 6.07 Å². The molecule has 1 rings (SSSR count). The number of hydrogen-bond donors (Lipinski definition) is 2. The second-order valence-electron chi connectivity index (χ2n) is 2.40. The molecule has 0 spiro atoms. The molecule has 0 aliphatic carbocycles. The van der Waals surface area contributed by atoms with Gasteiger partial charge in [0.1, 0.15) is 0 Å². The second kappa shape index (κ2) is 4.48. The zero-order valence-electron chi connectivity index (χ0n) is 7.18. The molecule has 68 valence electrons. The smallest absolute Gasteiger partial charge is 0.488 e. The monoisotopic (exact) mass is 187 g/mol. The number of hydrogen-bond acceptors (Lipinski definition) is 4. The summed E-state index contributed by atoms with van der Waals surface area (Å²) >= 11 is 0. The zero-order valence-corrected chi connectivity index (χ0v) is 7.18. The molecule has 0 bridgehead atoms. The first-order valence-electron chi connectivity index (χ1n) is 3.78. The molecule has 0 aromatic heterocycles. The minimum Gasteiger partial charge on any atom is -0.488 e. The lowest BCUT2D eigenvalue weighted by Gasteiger charge is -1.99. The summed E-state index contributed by atoms with van der Waals surface area (Å²) in [6.45, 7) is 0. The molecule has 2 N–H and O–H groups in total. The van der Waals surface area contributed by atoms with Crippen LogP contribution < -0.4 is 5.32 Å². The Bertz CT molecular complexity index is 408. The maximum atomic E-state index is 9.25. The molecule has 1 aromatic carbocycles. The van der Waals surface area contributed by atoms with Crippen molar-refractivity contribution in [3.63, 3.8) is 0 Å². The Morgan fingerprint density at radius 1 is 1.36 bits per heavy atom. The summed E-state index contributed by atoms with van der Waals surface area (Å²) in [5.74, 6) is -0.485. The summed E-state index contributed by atoms with van der Waals surface area (Å²) in [6, 6.07) is 10.3. The van der Waals surface area contributed by atoms with Gasteiger partial charge in [-0.15, -0.1) is 0 Å². The van der Waals surface area contributed by atoms with E-state index in [-0.39, 0.29) is 0 Å². The van der Waals surface area contributed by atoms with E-state index in [1.54, 1.807) is 24.3 Å². The molecule has 0 aliphatic rings. The van der Waals surface area contributed by atoms with Crippen LogP contribution in [0.1, 0.15) is 0 Å². The van der Waals surface area contributed by atoms with Gasteiger partial charge in [-0.1, -0.05) is 18.2 Å². The van der Waals surface area contributed by atoms with Gasteiger partial charge in [0.15, 0.2) is 4.98 Å². The number of anilines is 1. The van der Waals surface area contributed by atoms with Crippen LogP contribution in [0.5, 0.6) is 0 Å². The van der Waals surface area contributed by atoms with E-state index in [9.17, 15) is 5.11 Å². The van der Waals surface area contributed by atoms with Crippen LogP contribution in [0, 0.1) is 16.7 Å². The van der Waals surface area contributed by atoms with Crippen molar-refractivity contribution < 1.29 is 5.11 Å². The molecule has 0 heterocycles. The molecule has 1 aromatic rings. The number of nitrogens with one attached hydrogen (secondary N) is 1. The first-order valence-corrected chi connectivity index (χ1v) is 3.78. The third kappa shape index (κ3) is 2.23. The van der Waals surface area contributed by atoms with Crippen LogP contribution in [-0.4, -0.2) is 5.11 Å². The van der Waals surface area contributed by atoms with E-state index >= 15 is 0 Å². The Labute approximate surface area is 80.5 Å². The van der Waals surface area contributed by atoms with Gasteiger partial charge in [-0.25, -0.2) is 0 Å². The number of rotatable bonds is 2. The van der Waals surface area contributed by atoms with Crippen molar-refractivity contribution in [3.8, 4) is 6.07 Å². The van der Waals surface area contributed by atoms with Crippen molar-refractivity contribution in [1.82, 2.24) is 0 Å². The van der Waals surface area contributed by atoms with Gasteiger partial charge in [0, 0.05) is 5.69 Å². The lowest BCUT2D eigenvalue weighted by atomic mass is 10.3. The van der Waals surface area contributed by atoms with Crippen molar-refractivity contribution in [1.29, 1.82) is 10.7 Å². The molecule has 0 saturated carbocycles. The molecule has 0 amide bonds. The third-order valence-electron chi connectivity index (χ3n) is 1.47. The van der Waals surface area contributed by atoms with Crippen LogP contribution in [-0.2, 0) is 0 Å². The summed E-state index contributed by atoms with van der Waals surface area (Å²) in [7, 11) is 0. The number of nitriles is 1. The topological polar surface area (TPSA) is 84.2 Å². The lowest BCUT2D eigenvalue weighted by Crippen LogP contribution is -2.00. The Balaban J connectivity index is 2.87. The Hall–Kier alpha value is -2.53. The fraction of sp³-hybridized carbons (Fsp3) is 0. The molecule has 5 nitrogen and oxygen atoms in total. The van der Waals surface area contributed by atoms with E-state index in [4.69, 9.17) is 10.7 Å². The summed E-state index contributed by atoms with van der Waals surface area (Å²) in [5, 5.41) is 28.5. The minimum absolute atomic E-state index is 0.464. The molecule has 0 aliphatic heterocycles. The minimum atomic E-state index is -0.485. The number of aliphatic hydroxyl groups excluding tert-OH is 1. The molecule has 0 radical (unpaired) electrons. The number of aliphatic hydroxyl groups is 1. The standard InChI is InChI=1S/C9H6N4O/c10-6-8(13-11)9(14)12-7-4-2-1-3-5-7/h1-5,12H/p+1/b9-8-. The average Bonchev–Trinajstić information content (AvgIpc) is 2.21. The quantitative estimate of drug-likeness (QED) is 0.422. The fourth-order valence-electron chi connectivity index (χ4n) is 0.840.